The van der Waals surface area contributed by atoms with Gasteiger partial charge in [-0.2, -0.15) is 0 Å². The Morgan fingerprint density at radius 1 is 1.20 bits per heavy atom. The molecule has 0 bridgehead atoms. The Balaban J connectivity index is 1.90. The number of aromatic nitrogens is 1. The van der Waals surface area contributed by atoms with Crippen LogP contribution in [-0.4, -0.2) is 16.7 Å². The lowest BCUT2D eigenvalue weighted by atomic mass is 10.1. The Morgan fingerprint density at radius 3 is 2.55 bits per heavy atom. The van der Waals surface area contributed by atoms with Gasteiger partial charge >= 0.3 is 0 Å². The maximum atomic E-state index is 9.19. The van der Waals surface area contributed by atoms with Crippen molar-refractivity contribution in [1.29, 1.82) is 0 Å². The third kappa shape index (κ3) is 3.96. The maximum absolute atomic E-state index is 9.19. The first-order valence-electron chi connectivity index (χ1n) is 6.79. The summed E-state index contributed by atoms with van der Waals surface area (Å²) >= 11 is 0. The van der Waals surface area contributed by atoms with Crippen molar-refractivity contribution in [2.75, 3.05) is 6.61 Å². The van der Waals surface area contributed by atoms with Crippen LogP contribution in [0.3, 0.4) is 0 Å². The summed E-state index contributed by atoms with van der Waals surface area (Å²) in [4.78, 5) is 4.15. The smallest absolute Gasteiger partial charge is 0.133 e. The van der Waals surface area contributed by atoms with Gasteiger partial charge in [0.2, 0.25) is 0 Å². The Hall–Kier alpha value is -2.07. The van der Waals surface area contributed by atoms with Crippen LogP contribution in [0.4, 0.5) is 0 Å². The van der Waals surface area contributed by atoms with Gasteiger partial charge in [-0.15, -0.1) is 0 Å². The van der Waals surface area contributed by atoms with Gasteiger partial charge < -0.3 is 15.2 Å². The monoisotopic (exact) mass is 272 g/mol. The van der Waals surface area contributed by atoms with Gasteiger partial charge in [0.25, 0.3) is 0 Å². The fraction of sp³-hybridized carbons (Fsp3) is 0.312. The van der Waals surface area contributed by atoms with E-state index in [1.807, 2.05) is 25.1 Å². The van der Waals surface area contributed by atoms with Crippen molar-refractivity contribution < 1.29 is 9.84 Å². The standard InChI is InChI=1S/C16H20N2O2/c1-3-20-16-8-4-13(5-9-16)12(2)17-10-14-6-7-15(19)11-18-14/h4-9,11-12,17,19H,3,10H2,1-2H3. The number of hydrogen-bond donors (Lipinski definition) is 2. The zero-order chi connectivity index (χ0) is 14.4. The number of nitrogens with one attached hydrogen (secondary N) is 1. The van der Waals surface area contributed by atoms with Crippen LogP contribution in [0.1, 0.15) is 31.1 Å². The van der Waals surface area contributed by atoms with Gasteiger partial charge in [0.15, 0.2) is 0 Å². The lowest BCUT2D eigenvalue weighted by Crippen LogP contribution is -2.18. The zero-order valence-electron chi connectivity index (χ0n) is 11.8. The zero-order valence-corrected chi connectivity index (χ0v) is 11.8. The van der Waals surface area contributed by atoms with E-state index < -0.39 is 0 Å². The van der Waals surface area contributed by atoms with E-state index in [1.54, 1.807) is 6.07 Å². The van der Waals surface area contributed by atoms with Crippen LogP contribution < -0.4 is 10.1 Å². The molecule has 0 aliphatic heterocycles. The molecule has 0 amide bonds. The molecule has 1 heterocycles. The SMILES string of the molecule is CCOc1ccc(C(C)NCc2ccc(O)cn2)cc1. The molecule has 0 fully saturated rings. The predicted octanol–water partition coefficient (Wildman–Crippen LogP) is 3.04. The molecule has 0 saturated carbocycles. The van der Waals surface area contributed by atoms with E-state index in [0.717, 1.165) is 11.4 Å². The van der Waals surface area contributed by atoms with Gasteiger partial charge in [-0.3, -0.25) is 4.98 Å². The number of hydrogen-bond acceptors (Lipinski definition) is 4. The summed E-state index contributed by atoms with van der Waals surface area (Å²) in [6, 6.07) is 11.8. The normalized spacial score (nSPS) is 12.1. The van der Waals surface area contributed by atoms with Gasteiger partial charge in [-0.1, -0.05) is 12.1 Å². The average Bonchev–Trinajstić information content (AvgIpc) is 2.47. The van der Waals surface area contributed by atoms with Gasteiger partial charge in [0.05, 0.1) is 18.5 Å². The number of benzene rings is 1. The fourth-order valence-corrected chi connectivity index (χ4v) is 1.92. The first kappa shape index (κ1) is 14.3. The van der Waals surface area contributed by atoms with Gasteiger partial charge in [-0.25, -0.2) is 0 Å². The molecule has 106 valence electrons. The van der Waals surface area contributed by atoms with Crippen LogP contribution >= 0.6 is 0 Å². The molecule has 4 heteroatoms. The maximum Gasteiger partial charge on any atom is 0.133 e. The Morgan fingerprint density at radius 2 is 1.95 bits per heavy atom. The molecule has 2 N–H and O–H groups in total. The van der Waals surface area contributed by atoms with E-state index in [-0.39, 0.29) is 11.8 Å². The van der Waals surface area contributed by atoms with Crippen LogP contribution in [0.25, 0.3) is 0 Å². The van der Waals surface area contributed by atoms with Crippen molar-refractivity contribution in [2.24, 2.45) is 0 Å². The molecule has 0 saturated heterocycles. The van der Waals surface area contributed by atoms with Crippen molar-refractivity contribution >= 4 is 0 Å². The molecule has 1 aromatic heterocycles. The summed E-state index contributed by atoms with van der Waals surface area (Å²) in [6.07, 6.45) is 1.46. The lowest BCUT2D eigenvalue weighted by Gasteiger charge is -2.14. The molecule has 2 aromatic rings. The molecular formula is C16H20N2O2. The molecule has 2 rings (SSSR count). The summed E-state index contributed by atoms with van der Waals surface area (Å²) in [5.41, 5.74) is 2.10. The van der Waals surface area contributed by atoms with E-state index in [0.29, 0.717) is 13.2 Å². The quantitative estimate of drug-likeness (QED) is 0.848. The summed E-state index contributed by atoms with van der Waals surface area (Å²) < 4.78 is 5.43. The summed E-state index contributed by atoms with van der Waals surface area (Å²) in [7, 11) is 0. The van der Waals surface area contributed by atoms with Crippen molar-refractivity contribution in [3.05, 3.63) is 53.9 Å². The largest absolute Gasteiger partial charge is 0.506 e. The second-order valence-corrected chi connectivity index (χ2v) is 4.61. The van der Waals surface area contributed by atoms with Crippen LogP contribution in [0.15, 0.2) is 42.6 Å². The molecule has 0 radical (unpaired) electrons. The Labute approximate surface area is 119 Å². The third-order valence-corrected chi connectivity index (χ3v) is 3.09. The predicted molar refractivity (Wildman–Crippen MR) is 78.8 cm³/mol. The molecule has 1 atom stereocenters. The summed E-state index contributed by atoms with van der Waals surface area (Å²) in [6.45, 7) is 5.42. The number of aromatic hydroxyl groups is 1. The number of nitrogens with zero attached hydrogens (tertiary/aromatic N) is 1. The number of rotatable bonds is 6. The Kier molecular flexibility index (Phi) is 4.96. The van der Waals surface area contributed by atoms with Crippen molar-refractivity contribution in [3.63, 3.8) is 0 Å². The highest BCUT2D eigenvalue weighted by atomic mass is 16.5. The highest BCUT2D eigenvalue weighted by Crippen LogP contribution is 2.18. The van der Waals surface area contributed by atoms with Gasteiger partial charge in [0.1, 0.15) is 11.5 Å². The van der Waals surface area contributed by atoms with Crippen molar-refractivity contribution in [2.45, 2.75) is 26.4 Å². The van der Waals surface area contributed by atoms with E-state index in [9.17, 15) is 5.11 Å². The number of ether oxygens (including phenoxy) is 1. The first-order valence-corrected chi connectivity index (χ1v) is 6.79. The molecule has 0 aliphatic rings. The highest BCUT2D eigenvalue weighted by Gasteiger charge is 2.05. The minimum absolute atomic E-state index is 0.188. The molecule has 0 spiro atoms. The first-order chi connectivity index (χ1) is 9.69. The molecule has 20 heavy (non-hydrogen) atoms. The summed E-state index contributed by atoms with van der Waals surface area (Å²) in [5, 5.41) is 12.6. The van der Waals surface area contributed by atoms with Crippen LogP contribution in [0.5, 0.6) is 11.5 Å². The minimum atomic E-state index is 0.188. The summed E-state index contributed by atoms with van der Waals surface area (Å²) in [5.74, 6) is 1.08. The van der Waals surface area contributed by atoms with E-state index in [4.69, 9.17) is 4.74 Å². The molecule has 1 unspecified atom stereocenters. The topological polar surface area (TPSA) is 54.4 Å². The van der Waals surface area contributed by atoms with Gasteiger partial charge in [-0.05, 0) is 43.7 Å². The van der Waals surface area contributed by atoms with Crippen LogP contribution in [-0.2, 0) is 6.54 Å². The second kappa shape index (κ2) is 6.91. The van der Waals surface area contributed by atoms with Gasteiger partial charge in [0, 0.05) is 12.6 Å². The third-order valence-electron chi connectivity index (χ3n) is 3.09. The molecule has 1 aromatic carbocycles. The van der Waals surface area contributed by atoms with Crippen LogP contribution in [0, 0.1) is 0 Å². The van der Waals surface area contributed by atoms with E-state index in [1.165, 1.54) is 11.8 Å². The average molecular weight is 272 g/mol. The van der Waals surface area contributed by atoms with E-state index >= 15 is 0 Å². The lowest BCUT2D eigenvalue weighted by molar-refractivity contribution is 0.340. The molecular weight excluding hydrogens is 252 g/mol. The second-order valence-electron chi connectivity index (χ2n) is 4.61. The minimum Gasteiger partial charge on any atom is -0.506 e. The Bertz CT molecular complexity index is 523. The number of pyridine rings is 1. The molecule has 4 nitrogen and oxygen atoms in total. The van der Waals surface area contributed by atoms with E-state index in [2.05, 4.69) is 29.4 Å². The van der Waals surface area contributed by atoms with Crippen molar-refractivity contribution in [1.82, 2.24) is 10.3 Å². The highest BCUT2D eigenvalue weighted by molar-refractivity contribution is 5.29. The van der Waals surface area contributed by atoms with Crippen LogP contribution in [0.2, 0.25) is 0 Å². The fourth-order valence-electron chi connectivity index (χ4n) is 1.92. The van der Waals surface area contributed by atoms with Crippen molar-refractivity contribution in [3.8, 4) is 11.5 Å². The molecule has 0 aliphatic carbocycles.